The van der Waals surface area contributed by atoms with Crippen LogP contribution < -0.4 is 0 Å². The van der Waals surface area contributed by atoms with Gasteiger partial charge < -0.3 is 28.7 Å². The minimum absolute atomic E-state index is 0.0586. The molecule has 0 radical (unpaired) electrons. The van der Waals surface area contributed by atoms with Crippen LogP contribution in [0.3, 0.4) is 0 Å². The molecule has 2 saturated heterocycles. The summed E-state index contributed by atoms with van der Waals surface area (Å²) in [6.07, 6.45) is 1.18. The Balaban J connectivity index is 1.30. The Labute approximate surface area is 251 Å². The zero-order valence-corrected chi connectivity index (χ0v) is 24.8. The molecule has 0 spiro atoms. The molecule has 43 heavy (non-hydrogen) atoms. The van der Waals surface area contributed by atoms with Crippen molar-refractivity contribution in [1.82, 2.24) is 14.7 Å². The van der Waals surface area contributed by atoms with Crippen molar-refractivity contribution in [2.24, 2.45) is 0 Å². The van der Waals surface area contributed by atoms with Crippen molar-refractivity contribution in [3.8, 4) is 0 Å². The third kappa shape index (κ3) is 9.49. The first-order valence-electron chi connectivity index (χ1n) is 14.4. The van der Waals surface area contributed by atoms with Crippen molar-refractivity contribution in [2.45, 2.75) is 58.2 Å². The van der Waals surface area contributed by atoms with Gasteiger partial charge in [-0.25, -0.2) is 14.4 Å². The number of carbonyl (C=O) groups is 4. The molecule has 0 aliphatic carbocycles. The van der Waals surface area contributed by atoms with Crippen LogP contribution in [-0.4, -0.2) is 89.2 Å². The van der Waals surface area contributed by atoms with E-state index in [1.807, 2.05) is 81.4 Å². The largest absolute Gasteiger partial charge is 0.496 e. The number of likely N-dealkylation sites (tertiary alicyclic amines) is 1. The highest BCUT2D eigenvalue weighted by molar-refractivity contribution is 5.87. The van der Waals surface area contributed by atoms with Crippen LogP contribution in [0.5, 0.6) is 0 Å². The van der Waals surface area contributed by atoms with Gasteiger partial charge in [0.05, 0.1) is 12.8 Å². The number of amides is 3. The van der Waals surface area contributed by atoms with Gasteiger partial charge >= 0.3 is 18.2 Å². The summed E-state index contributed by atoms with van der Waals surface area (Å²) in [7, 11) is 0. The van der Waals surface area contributed by atoms with E-state index in [1.165, 1.54) is 17.2 Å². The quantitative estimate of drug-likeness (QED) is 0.194. The molecule has 2 aromatic carbocycles. The number of hydrogen-bond acceptors (Lipinski definition) is 8. The van der Waals surface area contributed by atoms with Crippen molar-refractivity contribution in [2.75, 3.05) is 32.7 Å². The van der Waals surface area contributed by atoms with Gasteiger partial charge in [0.2, 0.25) is 5.91 Å². The summed E-state index contributed by atoms with van der Waals surface area (Å²) in [6, 6.07) is 17.6. The first-order valence-corrected chi connectivity index (χ1v) is 14.4. The Morgan fingerprint density at radius 2 is 1.35 bits per heavy atom. The SMILES string of the molecule is CC(C)(C)OC(=O)N1CCN(C(=O)/C=C/O[C@H]2C[C@@H](C(=O)OCc3ccccc3)N(C(=O)OCc3ccccc3)C2)CC1. The summed E-state index contributed by atoms with van der Waals surface area (Å²) in [5.41, 5.74) is 1.06. The number of ether oxygens (including phenoxy) is 4. The van der Waals surface area contributed by atoms with Crippen molar-refractivity contribution in [3.05, 3.63) is 84.1 Å². The zero-order valence-electron chi connectivity index (χ0n) is 24.8. The molecule has 11 heteroatoms. The maximum absolute atomic E-state index is 13.0. The summed E-state index contributed by atoms with van der Waals surface area (Å²) < 4.78 is 22.2. The van der Waals surface area contributed by atoms with E-state index < -0.39 is 35.9 Å². The fourth-order valence-corrected chi connectivity index (χ4v) is 4.70. The molecule has 2 fully saturated rings. The van der Waals surface area contributed by atoms with E-state index in [1.54, 1.807) is 9.80 Å². The summed E-state index contributed by atoms with van der Waals surface area (Å²) >= 11 is 0. The summed E-state index contributed by atoms with van der Waals surface area (Å²) in [5, 5.41) is 0. The Morgan fingerprint density at radius 3 is 1.93 bits per heavy atom. The Hall–Kier alpha value is -4.54. The predicted octanol–water partition coefficient (Wildman–Crippen LogP) is 4.12. The number of nitrogens with zero attached hydrogens (tertiary/aromatic N) is 3. The lowest BCUT2D eigenvalue weighted by molar-refractivity contribution is -0.150. The Morgan fingerprint density at radius 1 is 0.791 bits per heavy atom. The van der Waals surface area contributed by atoms with Gasteiger partial charge in [-0.3, -0.25) is 9.69 Å². The van der Waals surface area contributed by atoms with Crippen LogP contribution in [0.1, 0.15) is 38.3 Å². The van der Waals surface area contributed by atoms with Gasteiger partial charge in [-0.15, -0.1) is 0 Å². The van der Waals surface area contributed by atoms with Crippen LogP contribution in [0.4, 0.5) is 9.59 Å². The lowest BCUT2D eigenvalue weighted by Gasteiger charge is -2.35. The maximum atomic E-state index is 13.0. The van der Waals surface area contributed by atoms with Crippen LogP contribution in [-0.2, 0) is 41.8 Å². The summed E-state index contributed by atoms with van der Waals surface area (Å²) in [6.45, 7) is 7.10. The number of piperazine rings is 1. The standard InChI is InChI=1S/C32H39N3O8/c1-32(2,3)43-30(38)34-17-15-33(16-18-34)28(36)14-19-40-26-20-27(29(37)41-22-24-10-6-4-7-11-24)35(21-26)31(39)42-23-25-12-8-5-9-13-25/h4-14,19,26-27H,15-18,20-23H2,1-3H3/b19-14+/t26-,27-/m0/s1. The van der Waals surface area contributed by atoms with E-state index >= 15 is 0 Å². The normalized spacial score (nSPS) is 18.8. The molecule has 2 aliphatic rings. The zero-order chi connectivity index (χ0) is 30.8. The lowest BCUT2D eigenvalue weighted by atomic mass is 10.2. The van der Waals surface area contributed by atoms with Gasteiger partial charge in [-0.1, -0.05) is 60.7 Å². The third-order valence-corrected chi connectivity index (χ3v) is 6.92. The molecule has 230 valence electrons. The van der Waals surface area contributed by atoms with Crippen LogP contribution in [0, 0.1) is 0 Å². The molecule has 2 atom stereocenters. The van der Waals surface area contributed by atoms with E-state index in [9.17, 15) is 19.2 Å². The smallest absolute Gasteiger partial charge is 0.410 e. The molecule has 0 bridgehead atoms. The summed E-state index contributed by atoms with van der Waals surface area (Å²) in [4.78, 5) is 55.6. The predicted molar refractivity (Wildman–Crippen MR) is 156 cm³/mol. The van der Waals surface area contributed by atoms with Crippen LogP contribution >= 0.6 is 0 Å². The van der Waals surface area contributed by atoms with Crippen LogP contribution in [0.25, 0.3) is 0 Å². The average molecular weight is 594 g/mol. The monoisotopic (exact) mass is 593 g/mol. The lowest BCUT2D eigenvalue weighted by Crippen LogP contribution is -2.51. The first kappa shape index (κ1) is 31.4. The highest BCUT2D eigenvalue weighted by atomic mass is 16.6. The minimum Gasteiger partial charge on any atom is -0.496 e. The number of rotatable bonds is 8. The van der Waals surface area contributed by atoms with Gasteiger partial charge in [0, 0.05) is 38.7 Å². The molecule has 2 aliphatic heterocycles. The van der Waals surface area contributed by atoms with E-state index in [4.69, 9.17) is 18.9 Å². The second-order valence-electron chi connectivity index (χ2n) is 11.4. The molecule has 0 saturated carbocycles. The van der Waals surface area contributed by atoms with Crippen LogP contribution in [0.15, 0.2) is 73.0 Å². The second kappa shape index (κ2) is 14.6. The van der Waals surface area contributed by atoms with Gasteiger partial charge in [-0.2, -0.15) is 0 Å². The van der Waals surface area contributed by atoms with Crippen molar-refractivity contribution in [1.29, 1.82) is 0 Å². The number of hydrogen-bond donors (Lipinski definition) is 0. The molecule has 0 N–H and O–H groups in total. The topological polar surface area (TPSA) is 115 Å². The third-order valence-electron chi connectivity index (χ3n) is 6.92. The highest BCUT2D eigenvalue weighted by Gasteiger charge is 2.42. The van der Waals surface area contributed by atoms with Crippen LogP contribution in [0.2, 0.25) is 0 Å². The first-order chi connectivity index (χ1) is 20.6. The maximum Gasteiger partial charge on any atom is 0.410 e. The molecule has 3 amide bonds. The van der Waals surface area contributed by atoms with Crippen molar-refractivity contribution < 1.29 is 38.1 Å². The van der Waals surface area contributed by atoms with E-state index in [0.29, 0.717) is 26.2 Å². The van der Waals surface area contributed by atoms with Gasteiger partial charge in [0.15, 0.2) is 0 Å². The summed E-state index contributed by atoms with van der Waals surface area (Å²) in [5.74, 6) is -0.825. The Kier molecular flexibility index (Phi) is 10.6. The highest BCUT2D eigenvalue weighted by Crippen LogP contribution is 2.24. The molecular formula is C32H39N3O8. The Bertz CT molecular complexity index is 1210. The van der Waals surface area contributed by atoms with Crippen molar-refractivity contribution in [3.63, 3.8) is 0 Å². The second-order valence-corrected chi connectivity index (χ2v) is 11.4. The minimum atomic E-state index is -0.901. The number of carbonyl (C=O) groups excluding carboxylic acids is 4. The fourth-order valence-electron chi connectivity index (χ4n) is 4.70. The molecule has 2 aromatic rings. The number of benzene rings is 2. The molecule has 0 unspecified atom stereocenters. The molecule has 0 aromatic heterocycles. The van der Waals surface area contributed by atoms with Crippen molar-refractivity contribution >= 4 is 24.1 Å². The van der Waals surface area contributed by atoms with E-state index in [0.717, 1.165) is 11.1 Å². The number of esters is 1. The van der Waals surface area contributed by atoms with Gasteiger partial charge in [0.1, 0.15) is 31.0 Å². The fraction of sp³-hybridized carbons (Fsp3) is 0.438. The average Bonchev–Trinajstić information content (AvgIpc) is 3.43. The van der Waals surface area contributed by atoms with Gasteiger partial charge in [-0.05, 0) is 31.9 Å². The molecule has 2 heterocycles. The molecule has 11 nitrogen and oxygen atoms in total. The molecular weight excluding hydrogens is 554 g/mol. The van der Waals surface area contributed by atoms with Gasteiger partial charge in [0.25, 0.3) is 0 Å². The van der Waals surface area contributed by atoms with E-state index in [-0.39, 0.29) is 32.1 Å². The molecule has 4 rings (SSSR count). The van der Waals surface area contributed by atoms with E-state index in [2.05, 4.69) is 0 Å².